The summed E-state index contributed by atoms with van der Waals surface area (Å²) in [6, 6.07) is 5.32. The molecular formula is C12H19O4PS2. The molecule has 0 aliphatic carbocycles. The van der Waals surface area contributed by atoms with Gasteiger partial charge in [0.25, 0.3) is 0 Å². The fourth-order valence-corrected chi connectivity index (χ4v) is 4.38. The molecule has 1 aromatic carbocycles. The molecule has 0 fully saturated rings. The predicted molar refractivity (Wildman–Crippen MR) is 81.7 cm³/mol. The van der Waals surface area contributed by atoms with Crippen LogP contribution in [0, 0.1) is 6.92 Å². The number of hydrogen-bond donors (Lipinski definition) is 0. The third-order valence-corrected chi connectivity index (χ3v) is 5.76. The van der Waals surface area contributed by atoms with Gasteiger partial charge in [-0.1, -0.05) is 0 Å². The summed E-state index contributed by atoms with van der Waals surface area (Å²) in [6.07, 6.45) is 1.65. The van der Waals surface area contributed by atoms with E-state index < -0.39 is 17.9 Å². The maximum Gasteiger partial charge on any atom is 0.380 e. The zero-order valence-corrected chi connectivity index (χ0v) is 14.1. The molecule has 0 N–H and O–H groups in total. The second-order valence-corrected chi connectivity index (χ2v) is 8.04. The Morgan fingerprint density at radius 1 is 1.26 bits per heavy atom. The second kappa shape index (κ2) is 7.62. The quantitative estimate of drug-likeness (QED) is 0.569. The molecule has 1 rings (SSSR count). The summed E-state index contributed by atoms with van der Waals surface area (Å²) < 4.78 is 28.0. The molecule has 0 aliphatic rings. The minimum absolute atomic E-state index is 0.438. The SMILES string of the molecule is CCOP(=S)(OCC)Oc1ccc([S+](C)[O-])c(C)c1. The molecule has 1 unspecified atom stereocenters. The van der Waals surface area contributed by atoms with Gasteiger partial charge in [-0.2, -0.15) is 0 Å². The fraction of sp³-hybridized carbons (Fsp3) is 0.500. The van der Waals surface area contributed by atoms with E-state index >= 15 is 0 Å². The molecule has 0 saturated carbocycles. The van der Waals surface area contributed by atoms with E-state index in [1.165, 1.54) is 0 Å². The molecule has 0 aliphatic heterocycles. The first-order valence-electron chi connectivity index (χ1n) is 5.94. The van der Waals surface area contributed by atoms with E-state index in [1.807, 2.05) is 20.8 Å². The van der Waals surface area contributed by atoms with Gasteiger partial charge in [-0.25, -0.2) is 0 Å². The van der Waals surface area contributed by atoms with E-state index in [1.54, 1.807) is 24.5 Å². The van der Waals surface area contributed by atoms with Crippen LogP contribution in [-0.2, 0) is 32.0 Å². The standard InChI is InChI=1S/C12H19O4PS2/c1-5-14-17(18,15-6-2)16-11-7-8-12(19(4)13)10(3)9-11/h7-9H,5-6H2,1-4H3. The normalized spacial score (nSPS) is 13.3. The highest BCUT2D eigenvalue weighted by atomic mass is 32.5. The van der Waals surface area contributed by atoms with Crippen LogP contribution in [0.5, 0.6) is 5.75 Å². The van der Waals surface area contributed by atoms with E-state index in [-0.39, 0.29) is 0 Å². The van der Waals surface area contributed by atoms with Gasteiger partial charge in [0.2, 0.25) is 0 Å². The Hall–Kier alpha value is -0.100. The lowest BCUT2D eigenvalue weighted by Crippen LogP contribution is -2.03. The minimum atomic E-state index is -2.74. The van der Waals surface area contributed by atoms with Crippen molar-refractivity contribution in [2.45, 2.75) is 25.7 Å². The molecule has 4 nitrogen and oxygen atoms in total. The Morgan fingerprint density at radius 2 is 1.84 bits per heavy atom. The smallest absolute Gasteiger partial charge is 0.380 e. The molecule has 7 heteroatoms. The Morgan fingerprint density at radius 3 is 2.26 bits per heavy atom. The Bertz CT molecular complexity index is 455. The van der Waals surface area contributed by atoms with Crippen LogP contribution in [0.3, 0.4) is 0 Å². The summed E-state index contributed by atoms with van der Waals surface area (Å²) in [5, 5.41) is 0. The van der Waals surface area contributed by atoms with Crippen LogP contribution < -0.4 is 4.52 Å². The molecule has 0 bridgehead atoms. The molecule has 1 atom stereocenters. The molecular weight excluding hydrogens is 303 g/mol. The van der Waals surface area contributed by atoms with Crippen molar-refractivity contribution in [1.82, 2.24) is 0 Å². The third-order valence-electron chi connectivity index (χ3n) is 2.25. The average molecular weight is 322 g/mol. The molecule has 108 valence electrons. The van der Waals surface area contributed by atoms with Gasteiger partial charge in [-0.05, 0) is 50.1 Å². The minimum Gasteiger partial charge on any atom is -0.612 e. The van der Waals surface area contributed by atoms with Crippen molar-refractivity contribution in [2.75, 3.05) is 19.5 Å². The highest BCUT2D eigenvalue weighted by molar-refractivity contribution is 8.07. The van der Waals surface area contributed by atoms with E-state index in [2.05, 4.69) is 0 Å². The Balaban J connectivity index is 2.92. The van der Waals surface area contributed by atoms with Crippen LogP contribution in [0.4, 0.5) is 0 Å². The molecule has 0 aromatic heterocycles. The number of hydrogen-bond acceptors (Lipinski definition) is 5. The van der Waals surface area contributed by atoms with Crippen molar-refractivity contribution < 1.29 is 18.1 Å². The summed E-state index contributed by atoms with van der Waals surface area (Å²) in [4.78, 5) is 0.786. The van der Waals surface area contributed by atoms with Crippen molar-refractivity contribution >= 4 is 29.7 Å². The van der Waals surface area contributed by atoms with Crippen LogP contribution in [0.1, 0.15) is 19.4 Å². The zero-order valence-electron chi connectivity index (χ0n) is 11.5. The summed E-state index contributed by atoms with van der Waals surface area (Å²) in [5.41, 5.74) is 0.896. The highest BCUT2D eigenvalue weighted by Crippen LogP contribution is 2.49. The molecule has 0 spiro atoms. The second-order valence-electron chi connectivity index (χ2n) is 3.76. The first-order chi connectivity index (χ1) is 8.91. The first kappa shape index (κ1) is 17.0. The summed E-state index contributed by atoms with van der Waals surface area (Å²) >= 11 is 4.28. The van der Waals surface area contributed by atoms with E-state index in [0.717, 1.165) is 10.5 Å². The van der Waals surface area contributed by atoms with Crippen LogP contribution in [0.2, 0.25) is 0 Å². The molecule has 0 radical (unpaired) electrons. The lowest BCUT2D eigenvalue weighted by Gasteiger charge is -2.21. The van der Waals surface area contributed by atoms with Gasteiger partial charge < -0.3 is 9.08 Å². The Labute approximate surface area is 122 Å². The van der Waals surface area contributed by atoms with Gasteiger partial charge >= 0.3 is 6.72 Å². The maximum atomic E-state index is 11.5. The Kier molecular flexibility index (Phi) is 6.80. The maximum absolute atomic E-state index is 11.5. The largest absolute Gasteiger partial charge is 0.612 e. The van der Waals surface area contributed by atoms with Crippen molar-refractivity contribution in [3.05, 3.63) is 23.8 Å². The van der Waals surface area contributed by atoms with Crippen LogP contribution >= 0.6 is 6.72 Å². The van der Waals surface area contributed by atoms with Crippen molar-refractivity contribution in [1.29, 1.82) is 0 Å². The average Bonchev–Trinajstić information content (AvgIpc) is 2.28. The first-order valence-corrected chi connectivity index (χ1v) is 10.1. The van der Waals surface area contributed by atoms with E-state index in [4.69, 9.17) is 25.4 Å². The summed E-state index contributed by atoms with van der Waals surface area (Å²) in [7, 11) is 0. The topological polar surface area (TPSA) is 50.8 Å². The lowest BCUT2D eigenvalue weighted by atomic mass is 10.2. The van der Waals surface area contributed by atoms with Crippen molar-refractivity contribution in [2.24, 2.45) is 0 Å². The predicted octanol–water partition coefficient (Wildman–Crippen LogP) is 3.41. The zero-order chi connectivity index (χ0) is 14.5. The number of benzene rings is 1. The van der Waals surface area contributed by atoms with Gasteiger partial charge in [0, 0.05) is 17.4 Å². The number of rotatable bonds is 7. The lowest BCUT2D eigenvalue weighted by molar-refractivity contribution is 0.218. The van der Waals surface area contributed by atoms with Crippen LogP contribution in [0.25, 0.3) is 0 Å². The van der Waals surface area contributed by atoms with Gasteiger partial charge in [0.1, 0.15) is 12.0 Å². The van der Waals surface area contributed by atoms with Gasteiger partial charge in [0.05, 0.1) is 13.2 Å². The van der Waals surface area contributed by atoms with Crippen LogP contribution in [0.15, 0.2) is 23.1 Å². The molecule has 0 amide bonds. The summed E-state index contributed by atoms with van der Waals surface area (Å²) in [5.74, 6) is 0.580. The molecule has 0 heterocycles. The monoisotopic (exact) mass is 322 g/mol. The third kappa shape index (κ3) is 5.06. The van der Waals surface area contributed by atoms with Crippen molar-refractivity contribution in [3.63, 3.8) is 0 Å². The van der Waals surface area contributed by atoms with E-state index in [0.29, 0.717) is 19.0 Å². The van der Waals surface area contributed by atoms with Crippen LogP contribution in [-0.4, -0.2) is 24.0 Å². The van der Waals surface area contributed by atoms with Gasteiger partial charge in [0.15, 0.2) is 4.90 Å². The fourth-order valence-electron chi connectivity index (χ4n) is 1.54. The van der Waals surface area contributed by atoms with E-state index in [9.17, 15) is 4.55 Å². The number of aryl methyl sites for hydroxylation is 1. The molecule has 1 aromatic rings. The van der Waals surface area contributed by atoms with Gasteiger partial charge in [-0.15, -0.1) is 0 Å². The highest BCUT2D eigenvalue weighted by Gasteiger charge is 2.22. The van der Waals surface area contributed by atoms with Crippen molar-refractivity contribution in [3.8, 4) is 5.75 Å². The van der Waals surface area contributed by atoms with Gasteiger partial charge in [-0.3, -0.25) is 9.05 Å². The summed E-state index contributed by atoms with van der Waals surface area (Å²) in [6.45, 7) is 3.71. The molecule has 0 saturated heterocycles. The molecule has 19 heavy (non-hydrogen) atoms.